The zero-order chi connectivity index (χ0) is 15.1. The smallest absolute Gasteiger partial charge is 0.221 e. The van der Waals surface area contributed by atoms with Crippen LogP contribution in [0.2, 0.25) is 5.02 Å². The van der Waals surface area contributed by atoms with E-state index >= 15 is 0 Å². The monoisotopic (exact) mass is 348 g/mol. The van der Waals surface area contributed by atoms with Crippen LogP contribution in [0.4, 0.5) is 0 Å². The highest BCUT2D eigenvalue weighted by Gasteiger charge is 2.17. The van der Waals surface area contributed by atoms with Gasteiger partial charge in [-0.25, -0.2) is 0 Å². The molecule has 0 bridgehead atoms. The predicted molar refractivity (Wildman–Crippen MR) is 89.0 cm³/mol. The van der Waals surface area contributed by atoms with Crippen LogP contribution in [0.25, 0.3) is 0 Å². The van der Waals surface area contributed by atoms with E-state index < -0.39 is 0 Å². The normalized spacial score (nSPS) is 18.9. The Balaban J connectivity index is 0.00000242. The number of morpholine rings is 1. The number of carbonyl (C=O) groups excluding carboxylic acids is 1. The number of halogens is 2. The maximum atomic E-state index is 11.8. The Morgan fingerprint density at radius 2 is 2.32 bits per heavy atom. The molecule has 2 N–H and O–H groups in total. The van der Waals surface area contributed by atoms with Crippen LogP contribution in [0, 0.1) is 0 Å². The summed E-state index contributed by atoms with van der Waals surface area (Å²) in [4.78, 5) is 11.8. The predicted octanol–water partition coefficient (Wildman–Crippen LogP) is 2.02. The van der Waals surface area contributed by atoms with Crippen LogP contribution in [-0.4, -0.2) is 44.4 Å². The SMILES string of the molecule is CC(CNC(=O)CC1COCCN1)Oc1ccccc1Cl.Cl. The average Bonchev–Trinajstić information content (AvgIpc) is 2.49. The van der Waals surface area contributed by atoms with Crippen molar-refractivity contribution in [2.75, 3.05) is 26.3 Å². The van der Waals surface area contributed by atoms with E-state index in [-0.39, 0.29) is 30.5 Å². The third-order valence-electron chi connectivity index (χ3n) is 3.18. The Kier molecular flexibility index (Phi) is 8.56. The van der Waals surface area contributed by atoms with Gasteiger partial charge in [-0.1, -0.05) is 23.7 Å². The molecule has 1 aromatic rings. The lowest BCUT2D eigenvalue weighted by Crippen LogP contribution is -2.45. The number of benzene rings is 1. The second-order valence-corrected chi connectivity index (χ2v) is 5.50. The minimum absolute atomic E-state index is 0. The lowest BCUT2D eigenvalue weighted by atomic mass is 10.2. The molecule has 1 aliphatic rings. The van der Waals surface area contributed by atoms with Crippen molar-refractivity contribution < 1.29 is 14.3 Å². The summed E-state index contributed by atoms with van der Waals surface area (Å²) >= 11 is 6.03. The summed E-state index contributed by atoms with van der Waals surface area (Å²) in [6.45, 7) is 4.42. The third-order valence-corrected chi connectivity index (χ3v) is 3.49. The average molecular weight is 349 g/mol. The van der Waals surface area contributed by atoms with Crippen molar-refractivity contribution >= 4 is 29.9 Å². The molecule has 0 aromatic heterocycles. The highest BCUT2D eigenvalue weighted by molar-refractivity contribution is 6.32. The van der Waals surface area contributed by atoms with Crippen molar-refractivity contribution in [3.05, 3.63) is 29.3 Å². The van der Waals surface area contributed by atoms with Gasteiger partial charge in [-0.05, 0) is 19.1 Å². The molecule has 22 heavy (non-hydrogen) atoms. The van der Waals surface area contributed by atoms with Gasteiger partial charge in [-0.3, -0.25) is 4.79 Å². The van der Waals surface area contributed by atoms with Crippen molar-refractivity contribution in [1.29, 1.82) is 0 Å². The minimum Gasteiger partial charge on any atom is -0.487 e. The quantitative estimate of drug-likeness (QED) is 0.825. The number of hydrogen-bond acceptors (Lipinski definition) is 4. The molecule has 2 unspecified atom stereocenters. The van der Waals surface area contributed by atoms with Crippen LogP contribution in [-0.2, 0) is 9.53 Å². The van der Waals surface area contributed by atoms with E-state index in [1.54, 1.807) is 6.07 Å². The van der Waals surface area contributed by atoms with Crippen molar-refractivity contribution in [2.45, 2.75) is 25.5 Å². The summed E-state index contributed by atoms with van der Waals surface area (Å²) in [7, 11) is 0. The van der Waals surface area contributed by atoms with Crippen LogP contribution in [0.3, 0.4) is 0 Å². The Morgan fingerprint density at radius 3 is 3.00 bits per heavy atom. The van der Waals surface area contributed by atoms with Crippen LogP contribution in [0.15, 0.2) is 24.3 Å². The van der Waals surface area contributed by atoms with Crippen molar-refractivity contribution in [3.63, 3.8) is 0 Å². The third kappa shape index (κ3) is 6.40. The van der Waals surface area contributed by atoms with Crippen LogP contribution in [0.5, 0.6) is 5.75 Å². The maximum Gasteiger partial charge on any atom is 0.221 e. The molecule has 7 heteroatoms. The van der Waals surface area contributed by atoms with Crippen molar-refractivity contribution in [3.8, 4) is 5.75 Å². The molecule has 1 heterocycles. The van der Waals surface area contributed by atoms with Gasteiger partial charge in [0.15, 0.2) is 0 Å². The molecule has 1 saturated heterocycles. The number of para-hydroxylation sites is 1. The van der Waals surface area contributed by atoms with Gasteiger partial charge in [0, 0.05) is 19.0 Å². The fraction of sp³-hybridized carbons (Fsp3) is 0.533. The van der Waals surface area contributed by atoms with Crippen molar-refractivity contribution in [2.24, 2.45) is 0 Å². The van der Waals surface area contributed by atoms with Gasteiger partial charge < -0.3 is 20.1 Å². The molecule has 1 aromatic carbocycles. The van der Waals surface area contributed by atoms with E-state index in [1.807, 2.05) is 25.1 Å². The van der Waals surface area contributed by atoms with E-state index in [2.05, 4.69) is 10.6 Å². The van der Waals surface area contributed by atoms with Crippen LogP contribution >= 0.6 is 24.0 Å². The lowest BCUT2D eigenvalue weighted by molar-refractivity contribution is -0.122. The minimum atomic E-state index is -0.149. The highest BCUT2D eigenvalue weighted by atomic mass is 35.5. The molecule has 0 saturated carbocycles. The van der Waals surface area contributed by atoms with E-state index in [0.717, 1.165) is 6.54 Å². The highest BCUT2D eigenvalue weighted by Crippen LogP contribution is 2.23. The van der Waals surface area contributed by atoms with Gasteiger partial charge in [-0.15, -0.1) is 12.4 Å². The van der Waals surface area contributed by atoms with E-state index in [0.29, 0.717) is 37.0 Å². The number of rotatable bonds is 6. The van der Waals surface area contributed by atoms with Gasteiger partial charge in [0.05, 0.1) is 24.8 Å². The van der Waals surface area contributed by atoms with Crippen molar-refractivity contribution in [1.82, 2.24) is 10.6 Å². The topological polar surface area (TPSA) is 59.6 Å². The maximum absolute atomic E-state index is 11.8. The van der Waals surface area contributed by atoms with Gasteiger partial charge in [0.2, 0.25) is 5.91 Å². The molecule has 0 radical (unpaired) electrons. The first-order chi connectivity index (χ1) is 10.1. The molecule has 1 aliphatic heterocycles. The Bertz CT molecular complexity index is 468. The van der Waals surface area contributed by atoms with E-state index in [1.165, 1.54) is 0 Å². The Morgan fingerprint density at radius 1 is 1.55 bits per heavy atom. The molecule has 2 rings (SSSR count). The number of nitrogens with one attached hydrogen (secondary N) is 2. The zero-order valence-electron chi connectivity index (χ0n) is 12.5. The van der Waals surface area contributed by atoms with Gasteiger partial charge in [0.1, 0.15) is 11.9 Å². The number of ether oxygens (including phenoxy) is 2. The van der Waals surface area contributed by atoms with Gasteiger partial charge in [-0.2, -0.15) is 0 Å². The Hall–Kier alpha value is -1.01. The first-order valence-corrected chi connectivity index (χ1v) is 7.52. The lowest BCUT2D eigenvalue weighted by Gasteiger charge is -2.23. The molecule has 0 spiro atoms. The molecule has 1 amide bonds. The largest absolute Gasteiger partial charge is 0.487 e. The molecule has 0 aliphatic carbocycles. The zero-order valence-corrected chi connectivity index (χ0v) is 14.1. The summed E-state index contributed by atoms with van der Waals surface area (Å²) in [5, 5.41) is 6.69. The Labute approximate surface area is 142 Å². The summed E-state index contributed by atoms with van der Waals surface area (Å²) in [5.74, 6) is 0.621. The van der Waals surface area contributed by atoms with E-state index in [4.69, 9.17) is 21.1 Å². The summed E-state index contributed by atoms with van der Waals surface area (Å²) in [6.07, 6.45) is 0.267. The fourth-order valence-corrected chi connectivity index (χ4v) is 2.28. The second-order valence-electron chi connectivity index (χ2n) is 5.09. The summed E-state index contributed by atoms with van der Waals surface area (Å²) in [6, 6.07) is 7.39. The number of carbonyl (C=O) groups is 1. The number of amides is 1. The molecule has 5 nitrogen and oxygen atoms in total. The van der Waals surface area contributed by atoms with Crippen LogP contribution in [0.1, 0.15) is 13.3 Å². The summed E-state index contributed by atoms with van der Waals surface area (Å²) < 4.78 is 11.0. The van der Waals surface area contributed by atoms with E-state index in [9.17, 15) is 4.79 Å². The first kappa shape index (κ1) is 19.0. The molecule has 124 valence electrons. The van der Waals surface area contributed by atoms with Gasteiger partial charge >= 0.3 is 0 Å². The first-order valence-electron chi connectivity index (χ1n) is 7.14. The number of hydrogen-bond donors (Lipinski definition) is 2. The molecule has 2 atom stereocenters. The molecular weight excluding hydrogens is 327 g/mol. The second kappa shape index (κ2) is 9.90. The fourth-order valence-electron chi connectivity index (χ4n) is 2.10. The van der Waals surface area contributed by atoms with Crippen LogP contribution < -0.4 is 15.4 Å². The molecular formula is C15H22Cl2N2O3. The summed E-state index contributed by atoms with van der Waals surface area (Å²) in [5.41, 5.74) is 0. The standard InChI is InChI=1S/C15H21ClN2O3.ClH/c1-11(21-14-5-3-2-4-13(14)16)9-18-15(19)8-12-10-20-7-6-17-12;/h2-5,11-12,17H,6-10H2,1H3,(H,18,19);1H. The van der Waals surface area contributed by atoms with Gasteiger partial charge in [0.25, 0.3) is 0 Å². The molecule has 1 fully saturated rings.